The highest BCUT2D eigenvalue weighted by molar-refractivity contribution is 7.93. The summed E-state index contributed by atoms with van der Waals surface area (Å²) in [5, 5.41) is 9.50. The molecule has 8 heteroatoms. The van der Waals surface area contributed by atoms with Gasteiger partial charge in [-0.25, -0.2) is 13.4 Å². The molecule has 1 N–H and O–H groups in total. The summed E-state index contributed by atoms with van der Waals surface area (Å²) in [6.07, 6.45) is 9.76. The third-order valence-electron chi connectivity index (χ3n) is 6.32. The molecule has 1 aliphatic heterocycles. The van der Waals surface area contributed by atoms with Gasteiger partial charge in [0.2, 0.25) is 10.0 Å². The Morgan fingerprint density at radius 3 is 2.69 bits per heavy atom. The van der Waals surface area contributed by atoms with Gasteiger partial charge in [0, 0.05) is 37.4 Å². The molecule has 0 saturated carbocycles. The number of rotatable bonds is 6. The summed E-state index contributed by atoms with van der Waals surface area (Å²) in [6, 6.07) is 17.4. The number of nitrogens with zero attached hydrogens (tertiary/aromatic N) is 4. The molecule has 2 heterocycles. The molecule has 5 rings (SSSR count). The van der Waals surface area contributed by atoms with Gasteiger partial charge in [-0.1, -0.05) is 49.9 Å². The highest BCUT2D eigenvalue weighted by Crippen LogP contribution is 2.34. The molecule has 0 fully saturated rings. The van der Waals surface area contributed by atoms with Crippen LogP contribution in [0.1, 0.15) is 36.2 Å². The first-order chi connectivity index (χ1) is 16.5. The van der Waals surface area contributed by atoms with Gasteiger partial charge < -0.3 is 9.88 Å². The van der Waals surface area contributed by atoms with Gasteiger partial charge >= 0.3 is 0 Å². The van der Waals surface area contributed by atoms with E-state index in [2.05, 4.69) is 20.9 Å². The fraction of sp³-hybridized carbons (Fsp3) is 0.259. The molecule has 0 amide bonds. The van der Waals surface area contributed by atoms with E-state index in [4.69, 9.17) is 0 Å². The predicted molar refractivity (Wildman–Crippen MR) is 138 cm³/mol. The van der Waals surface area contributed by atoms with Crippen molar-refractivity contribution in [3.8, 4) is 6.07 Å². The van der Waals surface area contributed by atoms with Gasteiger partial charge in [0.25, 0.3) is 0 Å². The number of aromatic amines is 1. The van der Waals surface area contributed by atoms with Crippen LogP contribution in [0.15, 0.2) is 84.2 Å². The molecule has 180 valence electrons. The minimum absolute atomic E-state index is 0. The summed E-state index contributed by atoms with van der Waals surface area (Å²) in [6.45, 7) is 1.27. The predicted octanol–water partition coefficient (Wildman–Crippen LogP) is 4.52. The summed E-state index contributed by atoms with van der Waals surface area (Å²) < 4.78 is 29.3. The van der Waals surface area contributed by atoms with Crippen molar-refractivity contribution in [3.63, 3.8) is 0 Å². The minimum atomic E-state index is -3.70. The van der Waals surface area contributed by atoms with Crippen LogP contribution in [-0.4, -0.2) is 35.3 Å². The maximum atomic E-state index is 13.8. The molecule has 0 bridgehead atoms. The van der Waals surface area contributed by atoms with Crippen molar-refractivity contribution in [1.29, 1.82) is 5.26 Å². The van der Waals surface area contributed by atoms with Crippen LogP contribution in [0.2, 0.25) is 0 Å². The highest BCUT2D eigenvalue weighted by Gasteiger charge is 2.37. The molecule has 1 atom stereocenters. The lowest BCUT2D eigenvalue weighted by Crippen LogP contribution is -2.46. The Morgan fingerprint density at radius 1 is 1.17 bits per heavy atom. The number of allylic oxidation sites excluding steroid dienone is 4. The van der Waals surface area contributed by atoms with E-state index in [1.54, 1.807) is 35.0 Å². The van der Waals surface area contributed by atoms with Crippen LogP contribution < -0.4 is 4.90 Å². The molecule has 1 aliphatic carbocycles. The third kappa shape index (κ3) is 5.06. The van der Waals surface area contributed by atoms with Crippen LogP contribution in [0.5, 0.6) is 0 Å². The summed E-state index contributed by atoms with van der Waals surface area (Å²) in [5.41, 5.74) is 4.29. The van der Waals surface area contributed by atoms with Crippen molar-refractivity contribution in [1.82, 2.24) is 14.3 Å². The molecular weight excluding hydrogens is 458 g/mol. The zero-order valence-corrected chi connectivity index (χ0v) is 19.4. The molecule has 0 unspecified atom stereocenters. The highest BCUT2D eigenvalue weighted by atomic mass is 32.2. The topological polar surface area (TPSA) is 93.1 Å². The summed E-state index contributed by atoms with van der Waals surface area (Å²) in [4.78, 5) is 9.89. The first-order valence-corrected chi connectivity index (χ1v) is 12.7. The van der Waals surface area contributed by atoms with Crippen molar-refractivity contribution in [2.24, 2.45) is 0 Å². The van der Waals surface area contributed by atoms with Gasteiger partial charge in [-0.05, 0) is 41.8 Å². The Balaban J connectivity index is 0.00000289. The number of hydrogen-bond donors (Lipinski definition) is 1. The molecular formula is C27H29N5O2S. The van der Waals surface area contributed by atoms with Crippen molar-refractivity contribution in [2.45, 2.75) is 39.4 Å². The van der Waals surface area contributed by atoms with Gasteiger partial charge in [0.05, 0.1) is 35.1 Å². The average Bonchev–Trinajstić information content (AvgIpc) is 3.55. The maximum Gasteiger partial charge on any atom is 0.240 e. The number of fused-ring (bicyclic) bond motifs is 1. The second-order valence-corrected chi connectivity index (χ2v) is 10.5. The lowest BCUT2D eigenvalue weighted by atomic mass is 10.1. The van der Waals surface area contributed by atoms with E-state index in [0.717, 1.165) is 22.5 Å². The first-order valence-electron chi connectivity index (χ1n) is 11.2. The Morgan fingerprint density at radius 2 is 2.00 bits per heavy atom. The zero-order valence-electron chi connectivity index (χ0n) is 18.6. The number of nitrogens with one attached hydrogen (secondary N) is 1. The van der Waals surface area contributed by atoms with Crippen LogP contribution in [0.4, 0.5) is 5.69 Å². The van der Waals surface area contributed by atoms with Crippen LogP contribution in [0.25, 0.3) is 0 Å². The van der Waals surface area contributed by atoms with Crippen molar-refractivity contribution in [2.75, 3.05) is 11.4 Å². The average molecular weight is 488 g/mol. The van der Waals surface area contributed by atoms with Gasteiger partial charge in [-0.2, -0.15) is 9.57 Å². The van der Waals surface area contributed by atoms with Crippen molar-refractivity contribution >= 4 is 15.7 Å². The Hall–Kier alpha value is -3.67. The number of H-pyrrole nitrogens is 1. The van der Waals surface area contributed by atoms with E-state index in [1.165, 1.54) is 0 Å². The van der Waals surface area contributed by atoms with Gasteiger partial charge in [0.1, 0.15) is 0 Å². The molecule has 35 heavy (non-hydrogen) atoms. The zero-order chi connectivity index (χ0) is 23.5. The molecule has 2 aromatic carbocycles. The minimum Gasteiger partial charge on any atom is -0.364 e. The number of hydrogen-bond acceptors (Lipinski definition) is 5. The normalized spacial score (nSPS) is 17.7. The van der Waals surface area contributed by atoms with E-state index in [0.29, 0.717) is 36.4 Å². The molecule has 7 nitrogen and oxygen atoms in total. The van der Waals surface area contributed by atoms with E-state index in [1.807, 2.05) is 48.5 Å². The molecule has 3 aromatic rings. The fourth-order valence-corrected chi connectivity index (χ4v) is 6.36. The fourth-order valence-electron chi connectivity index (χ4n) is 4.66. The second kappa shape index (κ2) is 10.3. The largest absolute Gasteiger partial charge is 0.364 e. The number of nitriles is 1. The van der Waals surface area contributed by atoms with E-state index >= 15 is 0 Å². The first kappa shape index (κ1) is 24.5. The Bertz CT molecular complexity index is 1370. The van der Waals surface area contributed by atoms with Crippen LogP contribution in [0.3, 0.4) is 0 Å². The number of aromatic nitrogens is 2. The van der Waals surface area contributed by atoms with Gasteiger partial charge in [-0.3, -0.25) is 0 Å². The number of anilines is 1. The number of imidazole rings is 1. The van der Waals surface area contributed by atoms with Gasteiger partial charge in [0.15, 0.2) is 0 Å². The van der Waals surface area contributed by atoms with E-state index in [9.17, 15) is 13.7 Å². The molecule has 2 aliphatic rings. The lowest BCUT2D eigenvalue weighted by molar-refractivity contribution is 0.320. The van der Waals surface area contributed by atoms with Crippen LogP contribution in [0, 0.1) is 11.3 Å². The monoisotopic (exact) mass is 487 g/mol. The third-order valence-corrected chi connectivity index (χ3v) is 8.33. The van der Waals surface area contributed by atoms with E-state index in [-0.39, 0.29) is 20.0 Å². The maximum absolute atomic E-state index is 13.8. The lowest BCUT2D eigenvalue weighted by Gasteiger charge is -2.32. The summed E-state index contributed by atoms with van der Waals surface area (Å²) >= 11 is 0. The second-order valence-electron chi connectivity index (χ2n) is 8.57. The molecule has 0 spiro atoms. The van der Waals surface area contributed by atoms with Gasteiger partial charge in [-0.15, -0.1) is 0 Å². The smallest absolute Gasteiger partial charge is 0.240 e. The molecule has 0 saturated heterocycles. The number of benzene rings is 2. The number of sulfonamides is 1. The quantitative estimate of drug-likeness (QED) is 0.552. The summed E-state index contributed by atoms with van der Waals surface area (Å²) in [5.74, 6) is 0. The van der Waals surface area contributed by atoms with Crippen LogP contribution >= 0.6 is 0 Å². The van der Waals surface area contributed by atoms with E-state index < -0.39 is 10.0 Å². The van der Waals surface area contributed by atoms with Crippen molar-refractivity contribution < 1.29 is 8.42 Å². The van der Waals surface area contributed by atoms with Crippen molar-refractivity contribution in [3.05, 3.63) is 107 Å². The molecule has 0 radical (unpaired) electrons. The Kier molecular flexibility index (Phi) is 7.20. The standard InChI is InChI=1S/C26H25N5O2S.CH4/c27-14-21-10-11-26-22(12-21)16-31(34(32,33)25-8-4-5-9-25)24(13-20-6-2-1-3-7-20)18-30(26)17-23-15-28-19-29-23;/h1-8,10-12,15,19,24H,9,13,16-18H2,(H,28,29);1H4/t24-;/m1./s1. The summed E-state index contributed by atoms with van der Waals surface area (Å²) in [7, 11) is -3.70. The van der Waals surface area contributed by atoms with Crippen LogP contribution in [-0.2, 0) is 29.5 Å². The SMILES string of the molecule is C.N#Cc1ccc2c(c1)CN(S(=O)(=O)C1=CC=CC1)[C@H](Cc1ccccc1)CN2Cc1cnc[nH]1. The Labute approximate surface area is 207 Å². The molecule has 1 aromatic heterocycles.